The van der Waals surface area contributed by atoms with E-state index in [9.17, 15) is 4.79 Å². The number of carbonyl (C=O) groups is 1. The number of hydrogen-bond donors (Lipinski definition) is 1. The summed E-state index contributed by atoms with van der Waals surface area (Å²) < 4.78 is 5.65. The Morgan fingerprint density at radius 1 is 1.21 bits per heavy atom. The quantitative estimate of drug-likeness (QED) is 0.872. The van der Waals surface area contributed by atoms with E-state index in [0.717, 1.165) is 51.5 Å². The second-order valence-electron chi connectivity index (χ2n) is 7.10. The minimum absolute atomic E-state index is 0.0647. The summed E-state index contributed by atoms with van der Waals surface area (Å²) in [4.78, 5) is 14.4. The molecule has 0 unspecified atom stereocenters. The van der Waals surface area contributed by atoms with Crippen LogP contribution in [0.5, 0.6) is 0 Å². The van der Waals surface area contributed by atoms with Crippen molar-refractivity contribution in [2.75, 3.05) is 32.8 Å². The summed E-state index contributed by atoms with van der Waals surface area (Å²) in [5.41, 5.74) is 1.44. The van der Waals surface area contributed by atoms with Crippen LogP contribution in [0.25, 0.3) is 0 Å². The van der Waals surface area contributed by atoms with Crippen LogP contribution in [0.1, 0.15) is 37.7 Å². The summed E-state index contributed by atoms with van der Waals surface area (Å²) in [5.74, 6) is 1.05. The number of nitrogens with zero attached hydrogens (tertiary/aromatic N) is 1. The lowest BCUT2D eigenvalue weighted by Gasteiger charge is -2.33. The predicted molar refractivity (Wildman–Crippen MR) is 95.9 cm³/mol. The molecule has 0 aliphatic carbocycles. The molecule has 0 spiro atoms. The number of benzene rings is 1. The minimum atomic E-state index is 0.0647. The van der Waals surface area contributed by atoms with Gasteiger partial charge in [-0.2, -0.15) is 0 Å². The Hall–Kier alpha value is -1.39. The van der Waals surface area contributed by atoms with Crippen molar-refractivity contribution in [1.82, 2.24) is 10.2 Å². The first-order valence-electron chi connectivity index (χ1n) is 9.45. The van der Waals surface area contributed by atoms with E-state index in [1.807, 2.05) is 4.90 Å². The van der Waals surface area contributed by atoms with Crippen LogP contribution < -0.4 is 5.32 Å². The normalized spacial score (nSPS) is 22.5. The van der Waals surface area contributed by atoms with Gasteiger partial charge in [-0.1, -0.05) is 30.3 Å². The molecule has 1 N–H and O–H groups in total. The summed E-state index contributed by atoms with van der Waals surface area (Å²) in [6.45, 7) is 4.28. The topological polar surface area (TPSA) is 41.6 Å². The van der Waals surface area contributed by atoms with Crippen molar-refractivity contribution in [1.29, 1.82) is 0 Å². The van der Waals surface area contributed by atoms with Crippen LogP contribution in [-0.2, 0) is 16.0 Å². The number of piperidine rings is 1. The van der Waals surface area contributed by atoms with Gasteiger partial charge in [0.25, 0.3) is 0 Å². The van der Waals surface area contributed by atoms with Gasteiger partial charge in [-0.15, -0.1) is 0 Å². The van der Waals surface area contributed by atoms with Crippen LogP contribution in [0.2, 0.25) is 0 Å². The minimum Gasteiger partial charge on any atom is -0.375 e. The third kappa shape index (κ3) is 5.32. The van der Waals surface area contributed by atoms with Crippen molar-refractivity contribution in [3.8, 4) is 0 Å². The third-order valence-electron chi connectivity index (χ3n) is 5.29. The molecule has 3 rings (SSSR count). The Morgan fingerprint density at radius 2 is 2.00 bits per heavy atom. The Kier molecular flexibility index (Phi) is 6.67. The zero-order valence-corrected chi connectivity index (χ0v) is 14.6. The van der Waals surface area contributed by atoms with E-state index < -0.39 is 0 Å². The summed E-state index contributed by atoms with van der Waals surface area (Å²) >= 11 is 0. The summed E-state index contributed by atoms with van der Waals surface area (Å²) in [6, 6.07) is 10.7. The van der Waals surface area contributed by atoms with Gasteiger partial charge in [-0.25, -0.2) is 0 Å². The smallest absolute Gasteiger partial charge is 0.225 e. The highest BCUT2D eigenvalue weighted by atomic mass is 16.5. The number of nitrogens with one attached hydrogen (secondary N) is 1. The highest BCUT2D eigenvalue weighted by Gasteiger charge is 2.25. The first-order valence-corrected chi connectivity index (χ1v) is 9.45. The maximum Gasteiger partial charge on any atom is 0.225 e. The molecule has 2 aliphatic rings. The highest BCUT2D eigenvalue weighted by Crippen LogP contribution is 2.23. The largest absolute Gasteiger partial charge is 0.375 e. The van der Waals surface area contributed by atoms with Crippen LogP contribution in [-0.4, -0.2) is 49.7 Å². The molecule has 132 valence electrons. The number of rotatable bonds is 6. The van der Waals surface area contributed by atoms with Gasteiger partial charge in [-0.3, -0.25) is 4.79 Å². The van der Waals surface area contributed by atoms with Crippen molar-refractivity contribution in [3.63, 3.8) is 0 Å². The maximum absolute atomic E-state index is 12.4. The van der Waals surface area contributed by atoms with Gasteiger partial charge in [0, 0.05) is 26.2 Å². The molecule has 1 atom stereocenters. The van der Waals surface area contributed by atoms with Crippen molar-refractivity contribution in [3.05, 3.63) is 35.9 Å². The van der Waals surface area contributed by atoms with Crippen molar-refractivity contribution >= 4 is 5.91 Å². The van der Waals surface area contributed by atoms with E-state index in [1.54, 1.807) is 0 Å². The molecule has 24 heavy (non-hydrogen) atoms. The van der Waals surface area contributed by atoms with E-state index in [1.165, 1.54) is 24.8 Å². The lowest BCUT2D eigenvalue weighted by atomic mass is 9.90. The average molecular weight is 330 g/mol. The van der Waals surface area contributed by atoms with Crippen LogP contribution >= 0.6 is 0 Å². The van der Waals surface area contributed by atoms with Crippen LogP contribution in [0.3, 0.4) is 0 Å². The molecule has 4 nitrogen and oxygen atoms in total. The van der Waals surface area contributed by atoms with Crippen LogP contribution in [0, 0.1) is 5.92 Å². The second-order valence-corrected chi connectivity index (χ2v) is 7.10. The number of ether oxygens (including phenoxy) is 1. The fraction of sp³-hybridized carbons (Fsp3) is 0.650. The highest BCUT2D eigenvalue weighted by molar-refractivity contribution is 5.76. The standard InChI is InChI=1S/C20H30N2O2/c23-20(15-19-16-21-11-14-24-19)22-12-9-18(10-13-22)8-4-7-17-5-2-1-3-6-17/h1-3,5-6,18-19,21H,4,7-16H2/t19-/m1/s1. The van der Waals surface area contributed by atoms with Crippen molar-refractivity contribution < 1.29 is 9.53 Å². The van der Waals surface area contributed by atoms with Gasteiger partial charge >= 0.3 is 0 Å². The van der Waals surface area contributed by atoms with Crippen molar-refractivity contribution in [2.24, 2.45) is 5.92 Å². The van der Waals surface area contributed by atoms with E-state index in [4.69, 9.17) is 4.74 Å². The van der Waals surface area contributed by atoms with E-state index in [0.29, 0.717) is 6.42 Å². The lowest BCUT2D eigenvalue weighted by Crippen LogP contribution is -2.44. The molecule has 2 fully saturated rings. The first kappa shape index (κ1) is 17.4. The van der Waals surface area contributed by atoms with Gasteiger partial charge in [-0.05, 0) is 43.6 Å². The van der Waals surface area contributed by atoms with Gasteiger partial charge in [0.2, 0.25) is 5.91 Å². The molecule has 2 aliphatic heterocycles. The monoisotopic (exact) mass is 330 g/mol. The fourth-order valence-corrected chi connectivity index (χ4v) is 3.79. The number of morpholine rings is 1. The number of aryl methyl sites for hydroxylation is 1. The molecule has 0 radical (unpaired) electrons. The third-order valence-corrected chi connectivity index (χ3v) is 5.29. The summed E-state index contributed by atoms with van der Waals surface area (Å²) in [6.07, 6.45) is 6.62. The molecular weight excluding hydrogens is 300 g/mol. The van der Waals surface area contributed by atoms with Crippen LogP contribution in [0.4, 0.5) is 0 Å². The zero-order chi connectivity index (χ0) is 16.6. The summed E-state index contributed by atoms with van der Waals surface area (Å²) in [5, 5.41) is 3.29. The molecule has 1 aromatic carbocycles. The molecule has 2 saturated heterocycles. The lowest BCUT2D eigenvalue weighted by molar-refractivity contribution is -0.136. The Morgan fingerprint density at radius 3 is 2.71 bits per heavy atom. The van der Waals surface area contributed by atoms with Crippen molar-refractivity contribution in [2.45, 2.75) is 44.6 Å². The van der Waals surface area contributed by atoms with Crippen LogP contribution in [0.15, 0.2) is 30.3 Å². The zero-order valence-electron chi connectivity index (χ0n) is 14.6. The average Bonchev–Trinajstić information content (AvgIpc) is 2.64. The molecule has 1 amide bonds. The number of carbonyl (C=O) groups excluding carboxylic acids is 1. The molecular formula is C20H30N2O2. The predicted octanol–water partition coefficient (Wildman–Crippen LogP) is 2.63. The van der Waals surface area contributed by atoms with E-state index in [-0.39, 0.29) is 12.0 Å². The van der Waals surface area contributed by atoms with E-state index >= 15 is 0 Å². The Bertz CT molecular complexity index is 492. The van der Waals surface area contributed by atoms with Gasteiger partial charge < -0.3 is 15.0 Å². The molecule has 0 bridgehead atoms. The summed E-state index contributed by atoms with van der Waals surface area (Å²) in [7, 11) is 0. The maximum atomic E-state index is 12.4. The van der Waals surface area contributed by atoms with E-state index in [2.05, 4.69) is 35.6 Å². The van der Waals surface area contributed by atoms with Gasteiger partial charge in [0.1, 0.15) is 0 Å². The molecule has 1 aromatic rings. The second kappa shape index (κ2) is 9.19. The molecule has 0 aromatic heterocycles. The Balaban J connectivity index is 1.32. The SMILES string of the molecule is O=C(C[C@@H]1CNCCO1)N1CCC(CCCc2ccccc2)CC1. The number of amides is 1. The number of hydrogen-bond acceptors (Lipinski definition) is 3. The molecule has 2 heterocycles. The fourth-order valence-electron chi connectivity index (χ4n) is 3.79. The molecule has 4 heteroatoms. The molecule has 0 saturated carbocycles. The van der Waals surface area contributed by atoms with Gasteiger partial charge in [0.15, 0.2) is 0 Å². The first-order chi connectivity index (χ1) is 11.8. The Labute approximate surface area is 145 Å². The number of likely N-dealkylation sites (tertiary alicyclic amines) is 1. The van der Waals surface area contributed by atoms with Gasteiger partial charge in [0.05, 0.1) is 19.1 Å².